The summed E-state index contributed by atoms with van der Waals surface area (Å²) in [5, 5.41) is 0. The summed E-state index contributed by atoms with van der Waals surface area (Å²) in [5.74, 6) is 0. The van der Waals surface area contributed by atoms with E-state index in [0.29, 0.717) is 0 Å². The van der Waals surface area contributed by atoms with Gasteiger partial charge in [0, 0.05) is 0 Å². The Balaban J connectivity index is 0. The second kappa shape index (κ2) is 68.8. The molecule has 0 amide bonds. The maximum atomic E-state index is 0. The van der Waals surface area contributed by atoms with E-state index < -0.39 is 0 Å². The first-order chi connectivity index (χ1) is 0. The number of rotatable bonds is 0. The van der Waals surface area contributed by atoms with Gasteiger partial charge in [-0.15, -0.1) is 0 Å². The maximum absolute atomic E-state index is 0. The van der Waals surface area contributed by atoms with Crippen LogP contribution in [0.2, 0.25) is 0 Å². The molecular formula is HAlO3Ti+2. The van der Waals surface area contributed by atoms with E-state index in [4.69, 9.17) is 0 Å². The van der Waals surface area contributed by atoms with Crippen LogP contribution in [0.4, 0.5) is 0 Å². The van der Waals surface area contributed by atoms with E-state index in [-0.39, 0.29) is 55.5 Å². The van der Waals surface area contributed by atoms with Crippen molar-refractivity contribution in [1.29, 1.82) is 0 Å². The van der Waals surface area contributed by atoms with Crippen LogP contribution < -0.4 is 0 Å². The van der Waals surface area contributed by atoms with E-state index in [1.54, 1.807) is 0 Å². The molecule has 3 nitrogen and oxygen atoms in total. The van der Waals surface area contributed by atoms with Crippen molar-refractivity contribution in [1.82, 2.24) is 0 Å². The van der Waals surface area contributed by atoms with Crippen molar-refractivity contribution in [2.45, 2.75) is 0 Å². The maximum Gasteiger partial charge on any atom is 4.00 e. The predicted octanol–water partition coefficient (Wildman–Crippen LogP) is -0.798. The molecule has 0 aromatic carbocycles. The molecule has 1 N–H and O–H groups in total. The van der Waals surface area contributed by atoms with Crippen LogP contribution in [-0.2, 0) is 32.7 Å². The van der Waals surface area contributed by atoms with Gasteiger partial charge in [0.05, 0.1) is 0 Å². The summed E-state index contributed by atoms with van der Waals surface area (Å²) in [7, 11) is 0. The Morgan fingerprint density at radius 3 is 0.800 bits per heavy atom. The molecule has 5 heteroatoms. The molecule has 0 radical (unpaired) electrons. The molecular weight excluding hydrogens is 123 g/mol. The van der Waals surface area contributed by atoms with Crippen molar-refractivity contribution in [3.63, 3.8) is 0 Å². The molecule has 0 bridgehead atoms. The van der Waals surface area contributed by atoms with E-state index in [0.717, 1.165) is 0 Å². The summed E-state index contributed by atoms with van der Waals surface area (Å²) in [6, 6.07) is 0. The van der Waals surface area contributed by atoms with Crippen LogP contribution in [0.1, 0.15) is 0 Å². The van der Waals surface area contributed by atoms with Gasteiger partial charge in [-0.1, -0.05) is 0 Å². The monoisotopic (exact) mass is 124 g/mol. The van der Waals surface area contributed by atoms with Gasteiger partial charge in [0.15, 0.2) is 0 Å². The number of hydrogen-bond acceptors (Lipinski definition) is 1. The third kappa shape index (κ3) is 39.5. The summed E-state index contributed by atoms with van der Waals surface area (Å²) < 4.78 is 0. The van der Waals surface area contributed by atoms with Crippen molar-refractivity contribution in [2.75, 3.05) is 0 Å². The summed E-state index contributed by atoms with van der Waals surface area (Å²) in [6.07, 6.45) is 0. The van der Waals surface area contributed by atoms with E-state index in [1.807, 2.05) is 0 Å². The Bertz CT molecular complexity index is 6.85. The molecule has 24 valence electrons. The van der Waals surface area contributed by atoms with Crippen LogP contribution in [0, 0.1) is 0 Å². The number of hydrogen-bond donors (Lipinski definition) is 0. The molecule has 0 aromatic heterocycles. The van der Waals surface area contributed by atoms with Crippen molar-refractivity contribution in [3.8, 4) is 0 Å². The van der Waals surface area contributed by atoms with E-state index >= 15 is 0 Å². The van der Waals surface area contributed by atoms with Crippen LogP contribution >= 0.6 is 0 Å². The average molecular weight is 124 g/mol. The van der Waals surface area contributed by atoms with Crippen molar-refractivity contribution in [2.24, 2.45) is 0 Å². The van der Waals surface area contributed by atoms with Gasteiger partial charge >= 0.3 is 39.1 Å². The second-order valence-corrected chi connectivity index (χ2v) is 0. The second-order valence-electron chi connectivity index (χ2n) is 0. The molecule has 5 heavy (non-hydrogen) atoms. The standard InChI is InChI=1S/Al.H2O.2O.Ti/h;1H2;;;/q+3;;2*-2;+4/p-1. The van der Waals surface area contributed by atoms with Gasteiger partial charge in [-0.25, -0.2) is 0 Å². The van der Waals surface area contributed by atoms with Gasteiger partial charge in [-0.2, -0.15) is 0 Å². The minimum atomic E-state index is 0. The molecule has 0 fully saturated rings. The molecule has 0 aromatic rings. The molecule has 0 atom stereocenters. The zero-order valence-corrected chi connectivity index (χ0v) is 5.06. The first kappa shape index (κ1) is 127. The Hall–Kier alpha value is 1.13. The average Bonchev–Trinajstić information content (AvgIpc) is 0. The van der Waals surface area contributed by atoms with Crippen molar-refractivity contribution in [3.05, 3.63) is 0 Å². The first-order valence-electron chi connectivity index (χ1n) is 0. The largest absolute Gasteiger partial charge is 4.00 e. The summed E-state index contributed by atoms with van der Waals surface area (Å²) in [5.41, 5.74) is 0. The SMILES string of the molecule is [Al+3].[O-2].[O-2].[OH-].[Ti+4]. The van der Waals surface area contributed by atoms with Crippen LogP contribution in [0.3, 0.4) is 0 Å². The molecule has 0 saturated heterocycles. The molecule has 0 aliphatic heterocycles. The summed E-state index contributed by atoms with van der Waals surface area (Å²) in [4.78, 5) is 0. The molecule has 0 unspecified atom stereocenters. The molecule has 0 heterocycles. The Morgan fingerprint density at radius 2 is 0.800 bits per heavy atom. The van der Waals surface area contributed by atoms with Crippen molar-refractivity contribution >= 4 is 17.4 Å². The van der Waals surface area contributed by atoms with Crippen LogP contribution in [0.25, 0.3) is 0 Å². The minimum absolute atomic E-state index is 0. The van der Waals surface area contributed by atoms with Crippen molar-refractivity contribution < 1.29 is 38.1 Å². The topological polar surface area (TPSA) is 87.0 Å². The quantitative estimate of drug-likeness (QED) is 0.388. The summed E-state index contributed by atoms with van der Waals surface area (Å²) in [6.45, 7) is 0. The normalized spacial score (nSPS) is 0. The van der Waals surface area contributed by atoms with Gasteiger partial charge in [-0.05, 0) is 0 Å². The molecule has 0 aliphatic carbocycles. The third-order valence-corrected chi connectivity index (χ3v) is 0. The van der Waals surface area contributed by atoms with Crippen LogP contribution in [-0.4, -0.2) is 22.8 Å². The Kier molecular flexibility index (Phi) is 1740. The van der Waals surface area contributed by atoms with E-state index in [9.17, 15) is 0 Å². The van der Waals surface area contributed by atoms with E-state index in [2.05, 4.69) is 0 Å². The summed E-state index contributed by atoms with van der Waals surface area (Å²) >= 11 is 0. The Labute approximate surface area is 55.7 Å². The van der Waals surface area contributed by atoms with Gasteiger partial charge in [0.1, 0.15) is 0 Å². The van der Waals surface area contributed by atoms with Gasteiger partial charge in [-0.3, -0.25) is 0 Å². The zero-order valence-electron chi connectivity index (χ0n) is 2.34. The molecule has 0 rings (SSSR count). The fourth-order valence-electron chi connectivity index (χ4n) is 0. The van der Waals surface area contributed by atoms with Crippen LogP contribution in [0.15, 0.2) is 0 Å². The molecule has 0 spiro atoms. The predicted molar refractivity (Wildman–Crippen MR) is 9.06 cm³/mol. The third-order valence-electron chi connectivity index (χ3n) is 0. The Morgan fingerprint density at radius 1 is 0.800 bits per heavy atom. The first-order valence-corrected chi connectivity index (χ1v) is 0. The molecule has 0 saturated carbocycles. The molecule has 0 aliphatic rings. The van der Waals surface area contributed by atoms with Gasteiger partial charge < -0.3 is 16.4 Å². The fraction of sp³-hybridized carbons (Fsp3) is 0. The van der Waals surface area contributed by atoms with Gasteiger partial charge in [0.25, 0.3) is 0 Å². The van der Waals surface area contributed by atoms with Crippen LogP contribution in [0.5, 0.6) is 0 Å². The zero-order chi connectivity index (χ0) is 0. The minimum Gasteiger partial charge on any atom is -2.00 e. The van der Waals surface area contributed by atoms with Gasteiger partial charge in [0.2, 0.25) is 0 Å². The smallest absolute Gasteiger partial charge is 2.00 e. The van der Waals surface area contributed by atoms with E-state index in [1.165, 1.54) is 0 Å². The fourth-order valence-corrected chi connectivity index (χ4v) is 0.